The smallest absolute Gasteiger partial charge is 0.258 e. The molecule has 0 aliphatic carbocycles. The number of rotatable bonds is 4. The number of benzene rings is 2. The van der Waals surface area contributed by atoms with Crippen molar-refractivity contribution in [3.05, 3.63) is 58.9 Å². The van der Waals surface area contributed by atoms with Gasteiger partial charge in [0.25, 0.3) is 5.91 Å². The van der Waals surface area contributed by atoms with Crippen LogP contribution in [-0.2, 0) is 4.79 Å². The molecule has 142 valence electrons. The van der Waals surface area contributed by atoms with E-state index in [0.29, 0.717) is 37.4 Å². The molecule has 2 aromatic rings. The van der Waals surface area contributed by atoms with E-state index in [1.54, 1.807) is 19.2 Å². The number of nitrogens with zero attached hydrogens (tertiary/aromatic N) is 1. The van der Waals surface area contributed by atoms with Gasteiger partial charge in [-0.2, -0.15) is 0 Å². The molecule has 1 N–H and O–H groups in total. The molecule has 27 heavy (non-hydrogen) atoms. The number of nitrogens with one attached hydrogen (secondary N) is 1. The molecule has 0 bridgehead atoms. The van der Waals surface area contributed by atoms with Crippen LogP contribution in [0.1, 0.15) is 23.2 Å². The molecule has 1 aliphatic heterocycles. The van der Waals surface area contributed by atoms with E-state index in [1.165, 1.54) is 23.1 Å². The number of hydrogen-bond acceptors (Lipinski definition) is 3. The lowest BCUT2D eigenvalue weighted by Gasteiger charge is -2.31. The molecule has 1 aliphatic rings. The molecule has 2 aromatic carbocycles. The molecule has 3 rings (SSSR count). The number of para-hydroxylation sites is 2. The number of carbonyl (C=O) groups is 2. The van der Waals surface area contributed by atoms with Crippen molar-refractivity contribution in [3.63, 3.8) is 0 Å². The lowest BCUT2D eigenvalue weighted by molar-refractivity contribution is -0.121. The average Bonchev–Trinajstić information content (AvgIpc) is 2.68. The Bertz CT molecular complexity index is 831. The zero-order valence-electron chi connectivity index (χ0n) is 14.9. The van der Waals surface area contributed by atoms with Gasteiger partial charge in [-0.25, -0.2) is 4.39 Å². The Morgan fingerprint density at radius 2 is 1.85 bits per heavy atom. The zero-order chi connectivity index (χ0) is 19.4. The zero-order valence-corrected chi connectivity index (χ0v) is 15.6. The van der Waals surface area contributed by atoms with Crippen molar-refractivity contribution >= 4 is 29.1 Å². The highest BCUT2D eigenvalue weighted by atomic mass is 35.5. The minimum Gasteiger partial charge on any atom is -0.495 e. The van der Waals surface area contributed by atoms with Crippen LogP contribution >= 0.6 is 11.6 Å². The van der Waals surface area contributed by atoms with Crippen molar-refractivity contribution in [3.8, 4) is 5.75 Å². The van der Waals surface area contributed by atoms with Crippen molar-refractivity contribution in [1.29, 1.82) is 0 Å². The van der Waals surface area contributed by atoms with Gasteiger partial charge in [0.15, 0.2) is 0 Å². The second-order valence-corrected chi connectivity index (χ2v) is 6.76. The molecule has 0 saturated carbocycles. The van der Waals surface area contributed by atoms with E-state index in [9.17, 15) is 14.0 Å². The summed E-state index contributed by atoms with van der Waals surface area (Å²) < 4.78 is 19.2. The first-order valence-electron chi connectivity index (χ1n) is 8.68. The Morgan fingerprint density at radius 3 is 2.52 bits per heavy atom. The maximum absolute atomic E-state index is 14.0. The number of amides is 2. The summed E-state index contributed by atoms with van der Waals surface area (Å²) >= 11 is 5.98. The molecule has 5 nitrogen and oxygen atoms in total. The number of carbonyl (C=O) groups excluding carboxylic acids is 2. The minimum atomic E-state index is -0.636. The van der Waals surface area contributed by atoms with Crippen LogP contribution in [0.25, 0.3) is 0 Å². The third-order valence-electron chi connectivity index (χ3n) is 4.69. The Kier molecular flexibility index (Phi) is 5.96. The summed E-state index contributed by atoms with van der Waals surface area (Å²) in [6.07, 6.45) is 0.998. The predicted molar refractivity (Wildman–Crippen MR) is 102 cm³/mol. The quantitative estimate of drug-likeness (QED) is 0.859. The molecule has 0 radical (unpaired) electrons. The molecule has 7 heteroatoms. The normalized spacial score (nSPS) is 14.7. The molecule has 0 atom stereocenters. The van der Waals surface area contributed by atoms with E-state index in [4.69, 9.17) is 16.3 Å². The van der Waals surface area contributed by atoms with Crippen LogP contribution in [0.4, 0.5) is 10.1 Å². The summed E-state index contributed by atoms with van der Waals surface area (Å²) in [4.78, 5) is 26.7. The van der Waals surface area contributed by atoms with Crippen molar-refractivity contribution in [1.82, 2.24) is 4.90 Å². The summed E-state index contributed by atoms with van der Waals surface area (Å²) in [7, 11) is 1.54. The van der Waals surface area contributed by atoms with Crippen molar-refractivity contribution in [2.24, 2.45) is 5.92 Å². The molecule has 0 unspecified atom stereocenters. The fraction of sp³-hybridized carbons (Fsp3) is 0.300. The predicted octanol–water partition coefficient (Wildman–Crippen LogP) is 3.98. The summed E-state index contributed by atoms with van der Waals surface area (Å²) in [6, 6.07) is 11.4. The molecule has 0 spiro atoms. The Hall–Kier alpha value is -2.60. The van der Waals surface area contributed by atoms with E-state index >= 15 is 0 Å². The van der Waals surface area contributed by atoms with E-state index in [1.807, 2.05) is 12.1 Å². The van der Waals surface area contributed by atoms with Gasteiger partial charge in [-0.15, -0.1) is 0 Å². The van der Waals surface area contributed by atoms with Gasteiger partial charge < -0.3 is 15.0 Å². The van der Waals surface area contributed by atoms with Crippen LogP contribution < -0.4 is 10.1 Å². The van der Waals surface area contributed by atoms with Crippen LogP contribution in [0.3, 0.4) is 0 Å². The topological polar surface area (TPSA) is 58.6 Å². The highest BCUT2D eigenvalue weighted by Crippen LogP contribution is 2.27. The number of hydrogen-bond donors (Lipinski definition) is 1. The number of halogens is 2. The fourth-order valence-electron chi connectivity index (χ4n) is 3.19. The first kappa shape index (κ1) is 19.2. The van der Waals surface area contributed by atoms with Gasteiger partial charge in [-0.3, -0.25) is 9.59 Å². The van der Waals surface area contributed by atoms with Crippen LogP contribution in [-0.4, -0.2) is 36.9 Å². The summed E-state index contributed by atoms with van der Waals surface area (Å²) in [5.74, 6) is -0.830. The SMILES string of the molecule is COc1ccccc1NC(=O)C1CCN(C(=O)c2c(F)cccc2Cl)CC1. The van der Waals surface area contributed by atoms with Crippen LogP contribution in [0.5, 0.6) is 5.75 Å². The van der Waals surface area contributed by atoms with Crippen LogP contribution in [0.15, 0.2) is 42.5 Å². The first-order valence-corrected chi connectivity index (χ1v) is 9.06. The molecule has 1 heterocycles. The molecular weight excluding hydrogens is 371 g/mol. The molecule has 2 amide bonds. The number of anilines is 1. The summed E-state index contributed by atoms with van der Waals surface area (Å²) in [6.45, 7) is 0.737. The monoisotopic (exact) mass is 390 g/mol. The van der Waals surface area contributed by atoms with Gasteiger partial charge >= 0.3 is 0 Å². The van der Waals surface area contributed by atoms with E-state index in [-0.39, 0.29) is 22.4 Å². The Morgan fingerprint density at radius 1 is 1.15 bits per heavy atom. The van der Waals surface area contributed by atoms with E-state index in [0.717, 1.165) is 0 Å². The Labute approximate surface area is 162 Å². The molecular formula is C20H20ClFN2O3. The van der Waals surface area contributed by atoms with Crippen LogP contribution in [0, 0.1) is 11.7 Å². The van der Waals surface area contributed by atoms with Gasteiger partial charge in [0, 0.05) is 19.0 Å². The lowest BCUT2D eigenvalue weighted by atomic mass is 9.95. The fourth-order valence-corrected chi connectivity index (χ4v) is 3.43. The highest BCUT2D eigenvalue weighted by Gasteiger charge is 2.30. The van der Waals surface area contributed by atoms with Crippen molar-refractivity contribution in [2.75, 3.05) is 25.5 Å². The van der Waals surface area contributed by atoms with Gasteiger partial charge in [0.05, 0.1) is 23.4 Å². The average molecular weight is 391 g/mol. The van der Waals surface area contributed by atoms with Crippen molar-refractivity contribution in [2.45, 2.75) is 12.8 Å². The van der Waals surface area contributed by atoms with Gasteiger partial charge in [-0.05, 0) is 37.1 Å². The third-order valence-corrected chi connectivity index (χ3v) is 5.01. The summed E-state index contributed by atoms with van der Waals surface area (Å²) in [5, 5.41) is 2.97. The number of methoxy groups -OCH3 is 1. The van der Waals surface area contributed by atoms with E-state index in [2.05, 4.69) is 5.32 Å². The maximum Gasteiger partial charge on any atom is 0.258 e. The largest absolute Gasteiger partial charge is 0.495 e. The highest BCUT2D eigenvalue weighted by molar-refractivity contribution is 6.33. The summed E-state index contributed by atoms with van der Waals surface area (Å²) in [5.41, 5.74) is 0.498. The maximum atomic E-state index is 14.0. The number of piperidine rings is 1. The van der Waals surface area contributed by atoms with Gasteiger partial charge in [0.1, 0.15) is 11.6 Å². The number of ether oxygens (including phenoxy) is 1. The van der Waals surface area contributed by atoms with Gasteiger partial charge in [-0.1, -0.05) is 29.8 Å². The third kappa shape index (κ3) is 4.22. The lowest BCUT2D eigenvalue weighted by Crippen LogP contribution is -2.41. The number of likely N-dealkylation sites (tertiary alicyclic amines) is 1. The molecule has 1 fully saturated rings. The van der Waals surface area contributed by atoms with Crippen LogP contribution in [0.2, 0.25) is 5.02 Å². The van der Waals surface area contributed by atoms with E-state index < -0.39 is 11.7 Å². The molecule has 0 aromatic heterocycles. The second-order valence-electron chi connectivity index (χ2n) is 6.35. The first-order chi connectivity index (χ1) is 13.0. The molecule has 1 saturated heterocycles. The second kappa shape index (κ2) is 8.39. The van der Waals surface area contributed by atoms with Crippen molar-refractivity contribution < 1.29 is 18.7 Å². The van der Waals surface area contributed by atoms with Gasteiger partial charge in [0.2, 0.25) is 5.91 Å². The standard InChI is InChI=1S/C20H20ClFN2O3/c1-27-17-8-3-2-7-16(17)23-19(25)13-9-11-24(12-10-13)20(26)18-14(21)5-4-6-15(18)22/h2-8,13H,9-12H2,1H3,(H,23,25). The minimum absolute atomic E-state index is 0.0936. The Balaban J connectivity index is 1.61.